The molecule has 0 aliphatic rings. The SMILES string of the molecule is Cc1cccc(NC(=O)Oc2cc(Cl)cc(Cl)c2)c1C. The molecule has 1 amide bonds. The van der Waals surface area contributed by atoms with Crippen LogP contribution in [0.3, 0.4) is 0 Å². The van der Waals surface area contributed by atoms with Gasteiger partial charge in [0.25, 0.3) is 0 Å². The van der Waals surface area contributed by atoms with Gasteiger partial charge in [-0.1, -0.05) is 35.3 Å². The molecule has 0 aromatic heterocycles. The molecule has 0 atom stereocenters. The summed E-state index contributed by atoms with van der Waals surface area (Å²) in [5, 5.41) is 3.51. The zero-order valence-corrected chi connectivity index (χ0v) is 12.5. The van der Waals surface area contributed by atoms with Crippen molar-refractivity contribution in [2.45, 2.75) is 13.8 Å². The molecule has 20 heavy (non-hydrogen) atoms. The maximum Gasteiger partial charge on any atom is 0.417 e. The summed E-state index contributed by atoms with van der Waals surface area (Å²) in [6, 6.07) is 10.3. The van der Waals surface area contributed by atoms with Gasteiger partial charge in [0.1, 0.15) is 5.75 Å². The molecule has 2 aromatic carbocycles. The Kier molecular flexibility index (Phi) is 4.53. The van der Waals surface area contributed by atoms with Gasteiger partial charge in [-0.15, -0.1) is 0 Å². The first-order valence-corrected chi connectivity index (χ1v) is 6.72. The van der Waals surface area contributed by atoms with Crippen molar-refractivity contribution in [2.75, 3.05) is 5.32 Å². The third-order valence-electron chi connectivity index (χ3n) is 2.89. The van der Waals surface area contributed by atoms with Crippen LogP contribution in [0, 0.1) is 13.8 Å². The quantitative estimate of drug-likeness (QED) is 0.825. The van der Waals surface area contributed by atoms with Crippen molar-refractivity contribution in [2.24, 2.45) is 0 Å². The number of hydrogen-bond acceptors (Lipinski definition) is 2. The van der Waals surface area contributed by atoms with E-state index < -0.39 is 6.09 Å². The first kappa shape index (κ1) is 14.7. The number of hydrogen-bond donors (Lipinski definition) is 1. The summed E-state index contributed by atoms with van der Waals surface area (Å²) in [6.07, 6.45) is -0.586. The minimum atomic E-state index is -0.586. The Balaban J connectivity index is 2.11. The Hall–Kier alpha value is -1.71. The van der Waals surface area contributed by atoms with Crippen molar-refractivity contribution in [3.8, 4) is 5.75 Å². The summed E-state index contributed by atoms with van der Waals surface area (Å²) in [7, 11) is 0. The van der Waals surface area contributed by atoms with Crippen LogP contribution in [-0.2, 0) is 0 Å². The number of amides is 1. The third-order valence-corrected chi connectivity index (χ3v) is 3.32. The van der Waals surface area contributed by atoms with Crippen molar-refractivity contribution >= 4 is 35.0 Å². The number of rotatable bonds is 2. The number of halogens is 2. The van der Waals surface area contributed by atoms with Gasteiger partial charge < -0.3 is 4.74 Å². The average Bonchev–Trinajstić information content (AvgIpc) is 2.33. The van der Waals surface area contributed by atoms with Crippen LogP contribution in [0.15, 0.2) is 36.4 Å². The van der Waals surface area contributed by atoms with Crippen molar-refractivity contribution < 1.29 is 9.53 Å². The first-order valence-electron chi connectivity index (χ1n) is 5.97. The lowest BCUT2D eigenvalue weighted by molar-refractivity contribution is 0.215. The second-order valence-electron chi connectivity index (χ2n) is 4.37. The van der Waals surface area contributed by atoms with E-state index in [1.807, 2.05) is 32.0 Å². The highest BCUT2D eigenvalue weighted by Gasteiger charge is 2.09. The van der Waals surface area contributed by atoms with Crippen LogP contribution in [0.25, 0.3) is 0 Å². The van der Waals surface area contributed by atoms with Gasteiger partial charge in [-0.25, -0.2) is 4.79 Å². The second kappa shape index (κ2) is 6.16. The number of carbonyl (C=O) groups is 1. The second-order valence-corrected chi connectivity index (χ2v) is 5.24. The Morgan fingerprint density at radius 2 is 1.75 bits per heavy atom. The Morgan fingerprint density at radius 1 is 1.10 bits per heavy atom. The van der Waals surface area contributed by atoms with Crippen molar-refractivity contribution in [1.82, 2.24) is 0 Å². The summed E-state index contributed by atoms with van der Waals surface area (Å²) in [6.45, 7) is 3.91. The van der Waals surface area contributed by atoms with Crippen LogP contribution >= 0.6 is 23.2 Å². The largest absolute Gasteiger partial charge is 0.417 e. The van der Waals surface area contributed by atoms with Gasteiger partial charge in [-0.05, 0) is 49.2 Å². The standard InChI is InChI=1S/C15H13Cl2NO2/c1-9-4-3-5-14(10(9)2)18-15(19)20-13-7-11(16)6-12(17)8-13/h3-8H,1-2H3,(H,18,19). The van der Waals surface area contributed by atoms with E-state index in [4.69, 9.17) is 27.9 Å². The molecule has 0 fully saturated rings. The van der Waals surface area contributed by atoms with Gasteiger partial charge in [0, 0.05) is 15.7 Å². The van der Waals surface area contributed by atoms with E-state index in [1.165, 1.54) is 12.1 Å². The Bertz CT molecular complexity index is 636. The van der Waals surface area contributed by atoms with E-state index in [-0.39, 0.29) is 0 Å². The minimum absolute atomic E-state index is 0.297. The lowest BCUT2D eigenvalue weighted by Crippen LogP contribution is -2.17. The van der Waals surface area contributed by atoms with Gasteiger partial charge in [0.05, 0.1) is 0 Å². The number of nitrogens with one attached hydrogen (secondary N) is 1. The highest BCUT2D eigenvalue weighted by Crippen LogP contribution is 2.25. The topological polar surface area (TPSA) is 38.3 Å². The maximum absolute atomic E-state index is 11.8. The van der Waals surface area contributed by atoms with E-state index in [1.54, 1.807) is 6.07 Å². The van der Waals surface area contributed by atoms with Crippen molar-refractivity contribution in [3.63, 3.8) is 0 Å². The molecular weight excluding hydrogens is 297 g/mol. The molecular formula is C15H13Cl2NO2. The van der Waals surface area contributed by atoms with Crippen LogP contribution in [0.1, 0.15) is 11.1 Å². The zero-order chi connectivity index (χ0) is 14.7. The normalized spacial score (nSPS) is 10.2. The summed E-state index contributed by atoms with van der Waals surface area (Å²) >= 11 is 11.7. The molecule has 0 aliphatic heterocycles. The monoisotopic (exact) mass is 309 g/mol. The lowest BCUT2D eigenvalue weighted by Gasteiger charge is -2.11. The van der Waals surface area contributed by atoms with E-state index in [9.17, 15) is 4.79 Å². The first-order chi connectivity index (χ1) is 9.45. The molecule has 0 saturated heterocycles. The van der Waals surface area contributed by atoms with Crippen LogP contribution in [0.5, 0.6) is 5.75 Å². The smallest absolute Gasteiger partial charge is 0.410 e. The number of carbonyl (C=O) groups excluding carboxylic acids is 1. The molecule has 3 nitrogen and oxygen atoms in total. The molecule has 0 heterocycles. The molecule has 104 valence electrons. The van der Waals surface area contributed by atoms with Crippen molar-refractivity contribution in [3.05, 3.63) is 57.6 Å². The zero-order valence-electron chi connectivity index (χ0n) is 11.0. The summed E-state index contributed by atoms with van der Waals surface area (Å²) in [5.41, 5.74) is 2.80. The fourth-order valence-electron chi connectivity index (χ4n) is 1.72. The van der Waals surface area contributed by atoms with E-state index in [2.05, 4.69) is 5.32 Å². The number of anilines is 1. The highest BCUT2D eigenvalue weighted by atomic mass is 35.5. The van der Waals surface area contributed by atoms with Gasteiger partial charge >= 0.3 is 6.09 Å². The molecule has 2 aromatic rings. The molecule has 1 N–H and O–H groups in total. The molecule has 0 aliphatic carbocycles. The van der Waals surface area contributed by atoms with Crippen LogP contribution in [0.2, 0.25) is 10.0 Å². The molecule has 5 heteroatoms. The molecule has 2 rings (SSSR count). The van der Waals surface area contributed by atoms with Gasteiger partial charge in [-0.3, -0.25) is 5.32 Å². The molecule has 0 unspecified atom stereocenters. The van der Waals surface area contributed by atoms with Gasteiger partial charge in [-0.2, -0.15) is 0 Å². The van der Waals surface area contributed by atoms with Gasteiger partial charge in [0.15, 0.2) is 0 Å². The Morgan fingerprint density at radius 3 is 2.40 bits per heavy atom. The molecule has 0 saturated carbocycles. The number of ether oxygens (including phenoxy) is 1. The van der Waals surface area contributed by atoms with Crippen LogP contribution in [0.4, 0.5) is 10.5 Å². The predicted molar refractivity (Wildman–Crippen MR) is 82.0 cm³/mol. The van der Waals surface area contributed by atoms with E-state index >= 15 is 0 Å². The van der Waals surface area contributed by atoms with Crippen LogP contribution in [-0.4, -0.2) is 6.09 Å². The van der Waals surface area contributed by atoms with Crippen LogP contribution < -0.4 is 10.1 Å². The lowest BCUT2D eigenvalue weighted by atomic mass is 10.1. The van der Waals surface area contributed by atoms with E-state index in [0.29, 0.717) is 21.5 Å². The molecule has 0 spiro atoms. The summed E-state index contributed by atoms with van der Waals surface area (Å²) < 4.78 is 5.16. The Labute approximate surface area is 127 Å². The van der Waals surface area contributed by atoms with Gasteiger partial charge in [0.2, 0.25) is 0 Å². The fourth-order valence-corrected chi connectivity index (χ4v) is 2.22. The number of benzene rings is 2. The van der Waals surface area contributed by atoms with E-state index in [0.717, 1.165) is 11.1 Å². The average molecular weight is 310 g/mol. The van der Waals surface area contributed by atoms with Crippen molar-refractivity contribution in [1.29, 1.82) is 0 Å². The highest BCUT2D eigenvalue weighted by molar-refractivity contribution is 6.34. The minimum Gasteiger partial charge on any atom is -0.410 e. The maximum atomic E-state index is 11.8. The fraction of sp³-hybridized carbons (Fsp3) is 0.133. The molecule has 0 bridgehead atoms. The summed E-state index contributed by atoms with van der Waals surface area (Å²) in [4.78, 5) is 11.8. The summed E-state index contributed by atoms with van der Waals surface area (Å²) in [5.74, 6) is 0.297. The third kappa shape index (κ3) is 3.65. The predicted octanol–water partition coefficient (Wildman–Crippen LogP) is 5.22. The number of aryl methyl sites for hydroxylation is 1. The molecule has 0 radical (unpaired) electrons.